The van der Waals surface area contributed by atoms with Gasteiger partial charge in [0, 0.05) is 35.7 Å². The molecule has 0 spiro atoms. The standard InChI is InChI=1S/C24H23N3OS/c1-2-5-20(6-3-1)10-13-24-26-22(17-28-24)18-29-23-11-8-21(9-12-23)7-4-15-27-16-14-25-19-27/h1-3,5-6,8-14,16-17,19H,4,7,15,18H2. The third-order valence-corrected chi connectivity index (χ3v) is 5.58. The van der Waals surface area contributed by atoms with Crippen LogP contribution in [-0.4, -0.2) is 14.5 Å². The SMILES string of the molecule is C(=Cc1nc(CSc2ccc(CCCn3ccnc3)cc2)co1)c1ccccc1. The zero-order chi connectivity index (χ0) is 19.7. The molecule has 0 aliphatic rings. The van der Waals surface area contributed by atoms with Crippen LogP contribution in [-0.2, 0) is 18.7 Å². The molecule has 0 radical (unpaired) electrons. The smallest absolute Gasteiger partial charge is 0.218 e. The van der Waals surface area contributed by atoms with Crippen LogP contribution >= 0.6 is 11.8 Å². The number of imidazole rings is 1. The van der Waals surface area contributed by atoms with Crippen LogP contribution in [0.2, 0.25) is 0 Å². The molecule has 0 saturated heterocycles. The first-order valence-electron chi connectivity index (χ1n) is 9.70. The van der Waals surface area contributed by atoms with Gasteiger partial charge < -0.3 is 8.98 Å². The first kappa shape index (κ1) is 19.3. The molecule has 4 rings (SSSR count). The molecule has 2 aromatic carbocycles. The van der Waals surface area contributed by atoms with Crippen LogP contribution in [0.3, 0.4) is 0 Å². The van der Waals surface area contributed by atoms with Crippen molar-refractivity contribution in [1.29, 1.82) is 0 Å². The molecule has 146 valence electrons. The summed E-state index contributed by atoms with van der Waals surface area (Å²) in [7, 11) is 0. The van der Waals surface area contributed by atoms with E-state index in [1.54, 1.807) is 18.0 Å². The number of oxazole rings is 1. The van der Waals surface area contributed by atoms with Crippen molar-refractivity contribution in [3.05, 3.63) is 102 Å². The van der Waals surface area contributed by atoms with Gasteiger partial charge >= 0.3 is 0 Å². The first-order chi connectivity index (χ1) is 14.3. The molecule has 0 aliphatic carbocycles. The molecule has 0 N–H and O–H groups in total. The summed E-state index contributed by atoms with van der Waals surface area (Å²) >= 11 is 1.77. The highest BCUT2D eigenvalue weighted by Gasteiger charge is 2.03. The lowest BCUT2D eigenvalue weighted by Gasteiger charge is -2.04. The van der Waals surface area contributed by atoms with Gasteiger partial charge in [-0.15, -0.1) is 11.8 Å². The van der Waals surface area contributed by atoms with Crippen molar-refractivity contribution >= 4 is 23.9 Å². The largest absolute Gasteiger partial charge is 0.445 e. The second-order valence-corrected chi connectivity index (χ2v) is 7.81. The summed E-state index contributed by atoms with van der Waals surface area (Å²) in [5.74, 6) is 1.43. The summed E-state index contributed by atoms with van der Waals surface area (Å²) in [5.41, 5.74) is 3.45. The van der Waals surface area contributed by atoms with Crippen LogP contribution in [0, 0.1) is 0 Å². The van der Waals surface area contributed by atoms with E-state index >= 15 is 0 Å². The molecule has 0 fully saturated rings. The number of rotatable bonds is 9. The van der Waals surface area contributed by atoms with Crippen molar-refractivity contribution in [1.82, 2.24) is 14.5 Å². The molecular weight excluding hydrogens is 378 g/mol. The summed E-state index contributed by atoms with van der Waals surface area (Å²) in [5, 5.41) is 0. The van der Waals surface area contributed by atoms with Gasteiger partial charge in [0.2, 0.25) is 5.89 Å². The van der Waals surface area contributed by atoms with Gasteiger partial charge in [0.25, 0.3) is 0 Å². The lowest BCUT2D eigenvalue weighted by molar-refractivity contribution is 0.546. The predicted molar refractivity (Wildman–Crippen MR) is 118 cm³/mol. The zero-order valence-corrected chi connectivity index (χ0v) is 17.0. The second-order valence-electron chi connectivity index (χ2n) is 6.76. The Morgan fingerprint density at radius 3 is 2.66 bits per heavy atom. The van der Waals surface area contributed by atoms with E-state index in [4.69, 9.17) is 4.42 Å². The van der Waals surface area contributed by atoms with E-state index in [-0.39, 0.29) is 0 Å². The van der Waals surface area contributed by atoms with E-state index in [1.807, 2.05) is 49.1 Å². The van der Waals surface area contributed by atoms with Gasteiger partial charge in [-0.3, -0.25) is 0 Å². The zero-order valence-electron chi connectivity index (χ0n) is 16.1. The molecule has 0 aliphatic heterocycles. The van der Waals surface area contributed by atoms with Gasteiger partial charge in [0.05, 0.1) is 12.0 Å². The fourth-order valence-corrected chi connectivity index (χ4v) is 3.77. The highest BCUT2D eigenvalue weighted by Crippen LogP contribution is 2.23. The van der Waals surface area contributed by atoms with Crippen LogP contribution < -0.4 is 0 Å². The minimum absolute atomic E-state index is 0.637. The van der Waals surface area contributed by atoms with E-state index in [0.717, 1.165) is 36.4 Å². The minimum Gasteiger partial charge on any atom is -0.445 e. The summed E-state index contributed by atoms with van der Waals surface area (Å²) in [6, 6.07) is 19.0. The average Bonchev–Trinajstić information content (AvgIpc) is 3.45. The normalized spacial score (nSPS) is 11.3. The Kier molecular flexibility index (Phi) is 6.60. The second kappa shape index (κ2) is 9.94. The quantitative estimate of drug-likeness (QED) is 0.324. The van der Waals surface area contributed by atoms with Gasteiger partial charge in [-0.1, -0.05) is 42.5 Å². The van der Waals surface area contributed by atoms with Gasteiger partial charge in [-0.05, 0) is 42.2 Å². The summed E-state index contributed by atoms with van der Waals surface area (Å²) in [6.45, 7) is 1.00. The number of aromatic nitrogens is 3. The Labute approximate surface area is 175 Å². The van der Waals surface area contributed by atoms with Gasteiger partial charge in [-0.25, -0.2) is 9.97 Å². The average molecular weight is 402 g/mol. The van der Waals surface area contributed by atoms with Crippen LogP contribution in [0.25, 0.3) is 12.2 Å². The fourth-order valence-electron chi connectivity index (χ4n) is 2.99. The maximum atomic E-state index is 5.55. The van der Waals surface area contributed by atoms with Crippen molar-refractivity contribution in [3.63, 3.8) is 0 Å². The number of thioether (sulfide) groups is 1. The van der Waals surface area contributed by atoms with E-state index in [2.05, 4.69) is 50.9 Å². The Hall–Kier alpha value is -3.05. The van der Waals surface area contributed by atoms with Crippen molar-refractivity contribution in [2.45, 2.75) is 30.0 Å². The highest BCUT2D eigenvalue weighted by molar-refractivity contribution is 7.98. The molecule has 0 atom stereocenters. The van der Waals surface area contributed by atoms with Crippen LogP contribution in [0.1, 0.15) is 29.1 Å². The lowest BCUT2D eigenvalue weighted by atomic mass is 10.1. The number of hydrogen-bond acceptors (Lipinski definition) is 4. The third-order valence-electron chi connectivity index (χ3n) is 4.54. The number of benzene rings is 2. The Bertz CT molecular complexity index is 1020. The van der Waals surface area contributed by atoms with E-state index in [9.17, 15) is 0 Å². The van der Waals surface area contributed by atoms with E-state index in [1.165, 1.54) is 10.5 Å². The number of hydrogen-bond donors (Lipinski definition) is 0. The Balaban J connectivity index is 1.24. The predicted octanol–water partition coefficient (Wildman–Crippen LogP) is 5.97. The van der Waals surface area contributed by atoms with E-state index in [0.29, 0.717) is 5.89 Å². The maximum Gasteiger partial charge on any atom is 0.218 e. The van der Waals surface area contributed by atoms with Gasteiger partial charge in [-0.2, -0.15) is 0 Å². The van der Waals surface area contributed by atoms with Crippen molar-refractivity contribution in [2.24, 2.45) is 0 Å². The number of aryl methyl sites for hydroxylation is 2. The molecule has 2 aromatic heterocycles. The van der Waals surface area contributed by atoms with Gasteiger partial charge in [0.1, 0.15) is 6.26 Å². The Morgan fingerprint density at radius 1 is 1.00 bits per heavy atom. The van der Waals surface area contributed by atoms with Crippen molar-refractivity contribution in [3.8, 4) is 0 Å². The molecule has 2 heterocycles. The Morgan fingerprint density at radius 2 is 1.86 bits per heavy atom. The summed E-state index contributed by atoms with van der Waals surface area (Å²) in [4.78, 5) is 9.86. The molecule has 29 heavy (non-hydrogen) atoms. The molecule has 4 aromatic rings. The van der Waals surface area contributed by atoms with Gasteiger partial charge in [0.15, 0.2) is 0 Å². The molecule has 0 bridgehead atoms. The number of nitrogens with zero attached hydrogens (tertiary/aromatic N) is 3. The lowest BCUT2D eigenvalue weighted by Crippen LogP contribution is -1.96. The highest BCUT2D eigenvalue weighted by atomic mass is 32.2. The van der Waals surface area contributed by atoms with Crippen molar-refractivity contribution in [2.75, 3.05) is 0 Å². The van der Waals surface area contributed by atoms with Crippen molar-refractivity contribution < 1.29 is 4.42 Å². The third kappa shape index (κ3) is 5.96. The van der Waals surface area contributed by atoms with Crippen LogP contribution in [0.5, 0.6) is 0 Å². The molecule has 5 heteroatoms. The maximum absolute atomic E-state index is 5.55. The van der Waals surface area contributed by atoms with E-state index < -0.39 is 0 Å². The molecule has 4 nitrogen and oxygen atoms in total. The summed E-state index contributed by atoms with van der Waals surface area (Å²) in [6.07, 6.45) is 13.5. The van der Waals surface area contributed by atoms with Crippen LogP contribution in [0.4, 0.5) is 0 Å². The first-order valence-corrected chi connectivity index (χ1v) is 10.7. The minimum atomic E-state index is 0.637. The summed E-state index contributed by atoms with van der Waals surface area (Å²) < 4.78 is 7.67. The molecule has 0 unspecified atom stereocenters. The molecular formula is C24H23N3OS. The molecule has 0 saturated carbocycles. The fraction of sp³-hybridized carbons (Fsp3) is 0.167. The van der Waals surface area contributed by atoms with Crippen LogP contribution in [0.15, 0.2) is 88.9 Å². The topological polar surface area (TPSA) is 43.9 Å². The monoisotopic (exact) mass is 401 g/mol. The molecule has 0 amide bonds.